The van der Waals surface area contributed by atoms with E-state index >= 15 is 0 Å². The van der Waals surface area contributed by atoms with Gasteiger partial charge in [0.15, 0.2) is 5.58 Å². The van der Waals surface area contributed by atoms with Gasteiger partial charge >= 0.3 is 5.76 Å². The molecule has 1 aliphatic carbocycles. The van der Waals surface area contributed by atoms with Crippen LogP contribution in [0.15, 0.2) is 62.9 Å². The number of H-pyrrole nitrogens is 1. The number of hydrogen-bond acceptors (Lipinski definition) is 7. The van der Waals surface area contributed by atoms with Crippen molar-refractivity contribution in [3.8, 4) is 0 Å². The van der Waals surface area contributed by atoms with Crippen molar-refractivity contribution >= 4 is 34.5 Å². The van der Waals surface area contributed by atoms with Crippen molar-refractivity contribution in [3.05, 3.63) is 81.7 Å². The molecule has 0 bridgehead atoms. The standard InChI is InChI=1S/C24H23N7O3/c1-13-2-4-15(5-3-13)22(32)31-23(28-16-8-9-17-20(10-16)34-24(33)30-17)27-12-19-21(25)26-11-18(29-19)14-6-7-14/h2-5,8-11,14H,6-7,12H2,1H3,(H2,25,26)(H,30,33)(H2,27,28,31,32). The summed E-state index contributed by atoms with van der Waals surface area (Å²) in [5.41, 5.74) is 10.5. The Morgan fingerprint density at radius 3 is 2.79 bits per heavy atom. The van der Waals surface area contributed by atoms with E-state index < -0.39 is 5.76 Å². The fourth-order valence-corrected chi connectivity index (χ4v) is 3.45. The van der Waals surface area contributed by atoms with E-state index in [1.165, 1.54) is 0 Å². The Kier molecular flexibility index (Phi) is 5.54. The zero-order valence-electron chi connectivity index (χ0n) is 18.5. The maximum Gasteiger partial charge on any atom is 0.417 e. The molecule has 0 radical (unpaired) electrons. The molecule has 1 saturated carbocycles. The average Bonchev–Trinajstić information content (AvgIpc) is 3.59. The highest BCUT2D eigenvalue weighted by Gasteiger charge is 2.26. The first kappa shape index (κ1) is 21.4. The maximum absolute atomic E-state index is 12.9. The summed E-state index contributed by atoms with van der Waals surface area (Å²) < 4.78 is 5.13. The maximum atomic E-state index is 12.9. The van der Waals surface area contributed by atoms with Crippen molar-refractivity contribution in [2.45, 2.75) is 32.2 Å². The number of benzene rings is 2. The number of fused-ring (bicyclic) bond motifs is 1. The molecule has 2 aromatic heterocycles. The smallest absolute Gasteiger partial charge is 0.408 e. The fourth-order valence-electron chi connectivity index (χ4n) is 3.45. The van der Waals surface area contributed by atoms with Crippen LogP contribution < -0.4 is 22.1 Å². The summed E-state index contributed by atoms with van der Waals surface area (Å²) in [5, 5.41) is 5.89. The molecule has 0 unspecified atom stereocenters. The van der Waals surface area contributed by atoms with E-state index in [1.807, 2.05) is 19.1 Å². The van der Waals surface area contributed by atoms with Crippen LogP contribution >= 0.6 is 0 Å². The summed E-state index contributed by atoms with van der Waals surface area (Å²) >= 11 is 0. The Morgan fingerprint density at radius 2 is 2.03 bits per heavy atom. The lowest BCUT2D eigenvalue weighted by Gasteiger charge is -2.12. The molecule has 1 aliphatic rings. The SMILES string of the molecule is Cc1ccc(C(=O)NC(=NCc2nc(C3CC3)cnc2N)Nc2ccc3[nH]c(=O)oc3c2)cc1. The van der Waals surface area contributed by atoms with Crippen molar-refractivity contribution < 1.29 is 9.21 Å². The molecule has 0 spiro atoms. The van der Waals surface area contributed by atoms with E-state index in [-0.39, 0.29) is 18.4 Å². The first-order valence-electron chi connectivity index (χ1n) is 10.9. The first-order chi connectivity index (χ1) is 16.4. The average molecular weight is 457 g/mol. The summed E-state index contributed by atoms with van der Waals surface area (Å²) in [4.78, 5) is 40.3. The van der Waals surface area contributed by atoms with E-state index in [4.69, 9.17) is 10.2 Å². The molecular weight excluding hydrogens is 434 g/mol. The van der Waals surface area contributed by atoms with Crippen LogP contribution in [0.2, 0.25) is 0 Å². The predicted molar refractivity (Wildman–Crippen MR) is 129 cm³/mol. The van der Waals surface area contributed by atoms with Gasteiger partial charge in [0.2, 0.25) is 5.96 Å². The Morgan fingerprint density at radius 1 is 1.24 bits per heavy atom. The highest BCUT2D eigenvalue weighted by atomic mass is 16.4. The number of guanidine groups is 1. The van der Waals surface area contributed by atoms with Crippen LogP contribution in [-0.4, -0.2) is 26.8 Å². The third kappa shape index (κ3) is 4.80. The summed E-state index contributed by atoms with van der Waals surface area (Å²) in [6, 6.07) is 12.3. The van der Waals surface area contributed by atoms with Crippen molar-refractivity contribution in [1.29, 1.82) is 0 Å². The summed E-state index contributed by atoms with van der Waals surface area (Å²) in [6.07, 6.45) is 3.90. The molecule has 1 fully saturated rings. The molecule has 5 N–H and O–H groups in total. The Labute approximate surface area is 194 Å². The number of nitrogen functional groups attached to an aromatic ring is 1. The molecule has 0 saturated heterocycles. The molecule has 10 nitrogen and oxygen atoms in total. The minimum atomic E-state index is -0.543. The highest BCUT2D eigenvalue weighted by molar-refractivity contribution is 6.10. The van der Waals surface area contributed by atoms with Crippen LogP contribution in [0.25, 0.3) is 11.1 Å². The number of rotatable bonds is 5. The van der Waals surface area contributed by atoms with Gasteiger partial charge in [-0.3, -0.25) is 20.1 Å². The molecule has 2 heterocycles. The van der Waals surface area contributed by atoms with Gasteiger partial charge in [0, 0.05) is 23.2 Å². The lowest BCUT2D eigenvalue weighted by atomic mass is 10.1. The van der Waals surface area contributed by atoms with Gasteiger partial charge in [-0.2, -0.15) is 0 Å². The number of nitrogens with one attached hydrogen (secondary N) is 3. The Bertz CT molecular complexity index is 1450. The number of nitrogens with zero attached hydrogens (tertiary/aromatic N) is 3. The highest BCUT2D eigenvalue weighted by Crippen LogP contribution is 2.38. The summed E-state index contributed by atoms with van der Waals surface area (Å²) in [6.45, 7) is 2.07. The van der Waals surface area contributed by atoms with Crippen LogP contribution in [0.1, 0.15) is 46.1 Å². The van der Waals surface area contributed by atoms with Gasteiger partial charge in [-0.1, -0.05) is 17.7 Å². The predicted octanol–water partition coefficient (Wildman–Crippen LogP) is 3.08. The number of hydrogen-bond donors (Lipinski definition) is 4. The lowest BCUT2D eigenvalue weighted by molar-refractivity contribution is 0.0977. The second-order valence-electron chi connectivity index (χ2n) is 8.24. The number of aryl methyl sites for hydroxylation is 1. The second-order valence-corrected chi connectivity index (χ2v) is 8.24. The molecule has 2 aromatic carbocycles. The number of anilines is 2. The molecule has 0 atom stereocenters. The molecule has 34 heavy (non-hydrogen) atoms. The van der Waals surface area contributed by atoms with Crippen molar-refractivity contribution in [2.24, 2.45) is 4.99 Å². The van der Waals surface area contributed by atoms with Gasteiger partial charge in [-0.05, 0) is 44.0 Å². The quantitative estimate of drug-likeness (QED) is 0.265. The second kappa shape index (κ2) is 8.81. The monoisotopic (exact) mass is 457 g/mol. The number of aliphatic imine (C=N–C) groups is 1. The zero-order chi connectivity index (χ0) is 23.7. The van der Waals surface area contributed by atoms with Gasteiger partial charge in [-0.15, -0.1) is 0 Å². The summed E-state index contributed by atoms with van der Waals surface area (Å²) in [7, 11) is 0. The third-order valence-electron chi connectivity index (χ3n) is 5.51. The molecule has 5 rings (SSSR count). The fraction of sp³-hybridized carbons (Fsp3) is 0.208. The number of amides is 1. The summed E-state index contributed by atoms with van der Waals surface area (Å²) in [5.74, 6) is 0.0516. The number of oxazole rings is 1. The van der Waals surface area contributed by atoms with Crippen molar-refractivity contribution in [1.82, 2.24) is 20.3 Å². The van der Waals surface area contributed by atoms with Crippen LogP contribution in [0, 0.1) is 6.92 Å². The largest absolute Gasteiger partial charge is 0.417 e. The van der Waals surface area contributed by atoms with Gasteiger partial charge in [0.1, 0.15) is 11.5 Å². The third-order valence-corrected chi connectivity index (χ3v) is 5.51. The lowest BCUT2D eigenvalue weighted by Crippen LogP contribution is -2.36. The van der Waals surface area contributed by atoms with E-state index in [9.17, 15) is 9.59 Å². The molecule has 172 valence electrons. The van der Waals surface area contributed by atoms with Gasteiger partial charge < -0.3 is 15.5 Å². The molecule has 1 amide bonds. The van der Waals surface area contributed by atoms with Crippen LogP contribution in [-0.2, 0) is 6.54 Å². The number of nitrogens with two attached hydrogens (primary N) is 1. The van der Waals surface area contributed by atoms with Gasteiger partial charge in [0.25, 0.3) is 5.91 Å². The van der Waals surface area contributed by atoms with Crippen molar-refractivity contribution in [2.75, 3.05) is 11.1 Å². The minimum absolute atomic E-state index is 0.122. The molecule has 4 aromatic rings. The van der Waals surface area contributed by atoms with E-state index in [0.29, 0.717) is 39.8 Å². The Balaban J connectivity index is 1.42. The molecule has 10 heteroatoms. The first-order valence-corrected chi connectivity index (χ1v) is 10.9. The number of carbonyl (C=O) groups is 1. The number of carbonyl (C=O) groups excluding carboxylic acids is 1. The number of aromatic amines is 1. The van der Waals surface area contributed by atoms with Crippen LogP contribution in [0.4, 0.5) is 11.5 Å². The zero-order valence-corrected chi connectivity index (χ0v) is 18.5. The van der Waals surface area contributed by atoms with Crippen LogP contribution in [0.3, 0.4) is 0 Å². The topological polar surface area (TPSA) is 151 Å². The van der Waals surface area contributed by atoms with E-state index in [1.54, 1.807) is 36.5 Å². The Hall–Kier alpha value is -4.47. The van der Waals surface area contributed by atoms with E-state index in [0.717, 1.165) is 24.1 Å². The van der Waals surface area contributed by atoms with Crippen LogP contribution in [0.5, 0.6) is 0 Å². The van der Waals surface area contributed by atoms with E-state index in [2.05, 4.69) is 30.6 Å². The van der Waals surface area contributed by atoms with Gasteiger partial charge in [-0.25, -0.2) is 14.8 Å². The minimum Gasteiger partial charge on any atom is -0.408 e. The normalized spacial score (nSPS) is 13.7. The van der Waals surface area contributed by atoms with Gasteiger partial charge in [0.05, 0.1) is 24.0 Å². The molecular formula is C24H23N7O3. The van der Waals surface area contributed by atoms with Crippen molar-refractivity contribution in [3.63, 3.8) is 0 Å². The molecule has 0 aliphatic heterocycles. The number of aromatic nitrogens is 3.